The van der Waals surface area contributed by atoms with Crippen LogP contribution in [-0.2, 0) is 4.74 Å². The van der Waals surface area contributed by atoms with Crippen molar-refractivity contribution in [2.45, 2.75) is 6.92 Å². The van der Waals surface area contributed by atoms with Gasteiger partial charge in [0, 0.05) is 19.2 Å². The summed E-state index contributed by atoms with van der Waals surface area (Å²) in [6.45, 7) is 4.79. The molecule has 1 N–H and O–H groups in total. The van der Waals surface area contributed by atoms with Gasteiger partial charge in [-0.1, -0.05) is 0 Å². The average molecular weight is 339 g/mol. The second kappa shape index (κ2) is 7.15. The van der Waals surface area contributed by atoms with Crippen LogP contribution in [0.25, 0.3) is 0 Å². The Morgan fingerprint density at radius 3 is 2.64 bits per heavy atom. The fourth-order valence-corrected chi connectivity index (χ4v) is 2.65. The fourth-order valence-electron chi connectivity index (χ4n) is 2.65. The lowest BCUT2D eigenvalue weighted by Crippen LogP contribution is -2.36. The van der Waals surface area contributed by atoms with Gasteiger partial charge in [-0.05, 0) is 31.2 Å². The summed E-state index contributed by atoms with van der Waals surface area (Å²) in [7, 11) is 0. The summed E-state index contributed by atoms with van der Waals surface area (Å²) < 4.78 is 5.34. The SMILES string of the molecule is Cc1nc(N2CCOCC2)ccc1Nc1ccc(C#N)cc1[N+](=O)[O-]. The molecule has 1 saturated heterocycles. The van der Waals surface area contributed by atoms with Crippen molar-refractivity contribution in [3.05, 3.63) is 51.7 Å². The highest BCUT2D eigenvalue weighted by Gasteiger charge is 2.17. The van der Waals surface area contributed by atoms with Crippen molar-refractivity contribution in [2.24, 2.45) is 0 Å². The van der Waals surface area contributed by atoms with Gasteiger partial charge >= 0.3 is 0 Å². The summed E-state index contributed by atoms with van der Waals surface area (Å²) in [6.07, 6.45) is 0. The first kappa shape index (κ1) is 16.7. The monoisotopic (exact) mass is 339 g/mol. The third kappa shape index (κ3) is 3.67. The number of nitriles is 1. The van der Waals surface area contributed by atoms with E-state index < -0.39 is 4.92 Å². The molecular weight excluding hydrogens is 322 g/mol. The molecule has 2 heterocycles. The van der Waals surface area contributed by atoms with E-state index in [4.69, 9.17) is 10.00 Å². The van der Waals surface area contributed by atoms with E-state index >= 15 is 0 Å². The molecule has 1 aliphatic heterocycles. The molecule has 25 heavy (non-hydrogen) atoms. The maximum Gasteiger partial charge on any atom is 0.293 e. The number of pyridine rings is 1. The molecule has 1 aromatic heterocycles. The van der Waals surface area contributed by atoms with Crippen LogP contribution in [0, 0.1) is 28.4 Å². The van der Waals surface area contributed by atoms with Crippen LogP contribution in [0.1, 0.15) is 11.3 Å². The number of aromatic nitrogens is 1. The number of morpholine rings is 1. The van der Waals surface area contributed by atoms with Crippen LogP contribution in [0.15, 0.2) is 30.3 Å². The first-order valence-electron chi connectivity index (χ1n) is 7.84. The Labute approximate surface area is 144 Å². The van der Waals surface area contributed by atoms with Crippen LogP contribution in [0.4, 0.5) is 22.9 Å². The minimum atomic E-state index is -0.506. The van der Waals surface area contributed by atoms with Gasteiger partial charge in [0.1, 0.15) is 11.5 Å². The van der Waals surface area contributed by atoms with Crippen LogP contribution >= 0.6 is 0 Å². The average Bonchev–Trinajstić information content (AvgIpc) is 2.64. The largest absolute Gasteiger partial charge is 0.378 e. The maximum atomic E-state index is 11.2. The lowest BCUT2D eigenvalue weighted by Gasteiger charge is -2.28. The minimum absolute atomic E-state index is 0.143. The molecule has 2 aromatic rings. The van der Waals surface area contributed by atoms with Crippen LogP contribution in [0.2, 0.25) is 0 Å². The molecule has 1 fully saturated rings. The fraction of sp³-hybridized carbons (Fsp3) is 0.294. The quantitative estimate of drug-likeness (QED) is 0.674. The zero-order valence-corrected chi connectivity index (χ0v) is 13.7. The predicted molar refractivity (Wildman–Crippen MR) is 93.1 cm³/mol. The number of nitro benzene ring substituents is 1. The number of nitro groups is 1. The summed E-state index contributed by atoms with van der Waals surface area (Å²) in [4.78, 5) is 17.5. The summed E-state index contributed by atoms with van der Waals surface area (Å²) >= 11 is 0. The van der Waals surface area contributed by atoms with E-state index in [1.165, 1.54) is 12.1 Å². The zero-order chi connectivity index (χ0) is 17.8. The molecule has 0 unspecified atom stereocenters. The maximum absolute atomic E-state index is 11.2. The molecule has 0 atom stereocenters. The van der Waals surface area contributed by atoms with Crippen molar-refractivity contribution >= 4 is 22.9 Å². The summed E-state index contributed by atoms with van der Waals surface area (Å²) in [5, 5.41) is 23.2. The first-order valence-corrected chi connectivity index (χ1v) is 7.84. The van der Waals surface area contributed by atoms with Gasteiger partial charge in [-0.2, -0.15) is 5.26 Å². The lowest BCUT2D eigenvalue weighted by atomic mass is 10.1. The van der Waals surface area contributed by atoms with Gasteiger partial charge in [-0.25, -0.2) is 4.98 Å². The Balaban J connectivity index is 1.86. The smallest absolute Gasteiger partial charge is 0.293 e. The molecule has 128 valence electrons. The Kier molecular flexibility index (Phi) is 4.77. The third-order valence-electron chi connectivity index (χ3n) is 4.00. The standard InChI is InChI=1S/C17H17N5O3/c1-12-14(4-5-17(19-12)21-6-8-25-9-7-21)20-15-3-2-13(11-18)10-16(15)22(23)24/h2-5,10,20H,6-9H2,1H3. The molecule has 0 amide bonds. The molecule has 3 rings (SSSR count). The Bertz CT molecular complexity index is 841. The highest BCUT2D eigenvalue weighted by atomic mass is 16.6. The highest BCUT2D eigenvalue weighted by Crippen LogP contribution is 2.30. The molecule has 0 spiro atoms. The van der Waals surface area contributed by atoms with Crippen molar-refractivity contribution in [1.82, 2.24) is 4.98 Å². The highest BCUT2D eigenvalue weighted by molar-refractivity contribution is 5.72. The van der Waals surface area contributed by atoms with Crippen molar-refractivity contribution in [3.63, 3.8) is 0 Å². The number of anilines is 3. The minimum Gasteiger partial charge on any atom is -0.378 e. The molecule has 8 nitrogen and oxygen atoms in total. The lowest BCUT2D eigenvalue weighted by molar-refractivity contribution is -0.383. The van der Waals surface area contributed by atoms with Gasteiger partial charge in [0.15, 0.2) is 0 Å². The van der Waals surface area contributed by atoms with Gasteiger partial charge in [0.05, 0.1) is 41.2 Å². The van der Waals surface area contributed by atoms with E-state index in [9.17, 15) is 10.1 Å². The third-order valence-corrected chi connectivity index (χ3v) is 4.00. The Hall–Kier alpha value is -3.18. The van der Waals surface area contributed by atoms with E-state index in [1.807, 2.05) is 25.1 Å². The number of benzene rings is 1. The van der Waals surface area contributed by atoms with Gasteiger partial charge in [0.25, 0.3) is 5.69 Å². The van der Waals surface area contributed by atoms with Crippen molar-refractivity contribution < 1.29 is 9.66 Å². The first-order chi connectivity index (χ1) is 12.1. The van der Waals surface area contributed by atoms with E-state index in [1.54, 1.807) is 6.07 Å². The summed E-state index contributed by atoms with van der Waals surface area (Å²) in [5.74, 6) is 0.862. The van der Waals surface area contributed by atoms with Crippen molar-refractivity contribution in [1.29, 1.82) is 5.26 Å². The number of hydrogen-bond donors (Lipinski definition) is 1. The number of hydrogen-bond acceptors (Lipinski definition) is 7. The number of aryl methyl sites for hydroxylation is 1. The Morgan fingerprint density at radius 1 is 1.28 bits per heavy atom. The number of nitrogens with one attached hydrogen (secondary N) is 1. The second-order valence-corrected chi connectivity index (χ2v) is 5.63. The molecule has 1 aromatic carbocycles. The van der Waals surface area contributed by atoms with Crippen molar-refractivity contribution in [2.75, 3.05) is 36.5 Å². The molecule has 0 aliphatic carbocycles. The van der Waals surface area contributed by atoms with E-state index in [-0.39, 0.29) is 11.3 Å². The molecule has 0 saturated carbocycles. The van der Waals surface area contributed by atoms with Gasteiger partial charge in [-0.3, -0.25) is 10.1 Å². The second-order valence-electron chi connectivity index (χ2n) is 5.63. The number of nitrogens with zero attached hydrogens (tertiary/aromatic N) is 4. The summed E-state index contributed by atoms with van der Waals surface area (Å²) in [6, 6.07) is 9.98. The number of rotatable bonds is 4. The Morgan fingerprint density at radius 2 is 2.00 bits per heavy atom. The predicted octanol–water partition coefficient (Wildman–Crippen LogP) is 2.75. The van der Waals surface area contributed by atoms with Gasteiger partial charge in [-0.15, -0.1) is 0 Å². The molecule has 1 aliphatic rings. The van der Waals surface area contributed by atoms with Crippen LogP contribution in [-0.4, -0.2) is 36.2 Å². The number of ether oxygens (including phenoxy) is 1. The van der Waals surface area contributed by atoms with E-state index in [2.05, 4.69) is 15.2 Å². The molecule has 0 radical (unpaired) electrons. The van der Waals surface area contributed by atoms with Crippen LogP contribution in [0.5, 0.6) is 0 Å². The molecule has 8 heteroatoms. The van der Waals surface area contributed by atoms with Crippen LogP contribution < -0.4 is 10.2 Å². The van der Waals surface area contributed by atoms with E-state index in [0.717, 1.165) is 24.6 Å². The normalized spacial score (nSPS) is 14.0. The van der Waals surface area contributed by atoms with Crippen LogP contribution in [0.3, 0.4) is 0 Å². The molecular formula is C17H17N5O3. The van der Waals surface area contributed by atoms with E-state index in [0.29, 0.717) is 24.6 Å². The topological polar surface area (TPSA) is 104 Å². The zero-order valence-electron chi connectivity index (χ0n) is 13.7. The van der Waals surface area contributed by atoms with Crippen molar-refractivity contribution in [3.8, 4) is 6.07 Å². The molecule has 0 bridgehead atoms. The van der Waals surface area contributed by atoms with Gasteiger partial charge in [0.2, 0.25) is 0 Å². The van der Waals surface area contributed by atoms with Gasteiger partial charge < -0.3 is 15.0 Å². The summed E-state index contributed by atoms with van der Waals surface area (Å²) in [5.41, 5.74) is 1.85.